The topological polar surface area (TPSA) is 67.2 Å². The van der Waals surface area contributed by atoms with Crippen molar-refractivity contribution in [2.45, 2.75) is 104 Å². The van der Waals surface area contributed by atoms with E-state index in [1.165, 1.54) is 57.8 Å². The highest BCUT2D eigenvalue weighted by Gasteiger charge is 2.18. The molecule has 162 valence electrons. The van der Waals surface area contributed by atoms with E-state index in [9.17, 15) is 9.18 Å². The summed E-state index contributed by atoms with van der Waals surface area (Å²) >= 11 is 0. The summed E-state index contributed by atoms with van der Waals surface area (Å²) in [5.41, 5.74) is 1.08. The van der Waals surface area contributed by atoms with E-state index in [2.05, 4.69) is 34.1 Å². The first-order chi connectivity index (χ1) is 14.1. The van der Waals surface area contributed by atoms with E-state index in [1.54, 1.807) is 0 Å². The SMILES string of the molecule is CCCCCCCCCCCCCC(=O)Nc1nc(F)nc2c1N=CC(C)CC2. The molecule has 29 heavy (non-hydrogen) atoms. The van der Waals surface area contributed by atoms with Crippen molar-refractivity contribution in [1.82, 2.24) is 9.97 Å². The lowest BCUT2D eigenvalue weighted by Gasteiger charge is -2.10. The minimum absolute atomic E-state index is 0.131. The fourth-order valence-electron chi connectivity index (χ4n) is 3.65. The highest BCUT2D eigenvalue weighted by Crippen LogP contribution is 2.30. The molecule has 0 bridgehead atoms. The van der Waals surface area contributed by atoms with Crippen LogP contribution in [-0.4, -0.2) is 22.1 Å². The highest BCUT2D eigenvalue weighted by molar-refractivity contribution is 5.93. The van der Waals surface area contributed by atoms with Crippen LogP contribution in [0.25, 0.3) is 0 Å². The molecule has 0 saturated heterocycles. The second kappa shape index (κ2) is 13.4. The molecule has 1 unspecified atom stereocenters. The van der Waals surface area contributed by atoms with Gasteiger partial charge in [-0.05, 0) is 25.2 Å². The van der Waals surface area contributed by atoms with Gasteiger partial charge in [-0.1, -0.05) is 78.1 Å². The monoisotopic (exact) mass is 404 g/mol. The van der Waals surface area contributed by atoms with E-state index in [1.807, 2.05) is 6.21 Å². The van der Waals surface area contributed by atoms with Crippen molar-refractivity contribution in [1.29, 1.82) is 0 Å². The quantitative estimate of drug-likeness (QED) is 0.300. The van der Waals surface area contributed by atoms with Crippen LogP contribution in [0.4, 0.5) is 15.9 Å². The fourth-order valence-corrected chi connectivity index (χ4v) is 3.65. The molecule has 2 rings (SSSR count). The smallest absolute Gasteiger partial charge is 0.309 e. The van der Waals surface area contributed by atoms with Gasteiger partial charge in [0.2, 0.25) is 5.91 Å². The molecule has 1 aromatic rings. The number of hydrogen-bond donors (Lipinski definition) is 1. The molecule has 0 aromatic carbocycles. The molecule has 6 heteroatoms. The average molecular weight is 405 g/mol. The summed E-state index contributed by atoms with van der Waals surface area (Å²) < 4.78 is 13.8. The molecule has 0 aliphatic carbocycles. The molecule has 2 heterocycles. The number of unbranched alkanes of at least 4 members (excludes halogenated alkanes) is 10. The minimum Gasteiger partial charge on any atom is -0.309 e. The first-order valence-electron chi connectivity index (χ1n) is 11.5. The second-order valence-corrected chi connectivity index (χ2v) is 8.26. The van der Waals surface area contributed by atoms with Gasteiger partial charge in [-0.2, -0.15) is 9.37 Å². The zero-order valence-electron chi connectivity index (χ0n) is 18.2. The number of rotatable bonds is 13. The van der Waals surface area contributed by atoms with Crippen LogP contribution < -0.4 is 5.32 Å². The lowest BCUT2D eigenvalue weighted by Crippen LogP contribution is -2.14. The van der Waals surface area contributed by atoms with Crippen molar-refractivity contribution in [2.75, 3.05) is 5.32 Å². The van der Waals surface area contributed by atoms with Gasteiger partial charge in [0.15, 0.2) is 5.82 Å². The predicted octanol–water partition coefficient (Wildman–Crippen LogP) is 6.54. The molecule has 1 aromatic heterocycles. The zero-order valence-corrected chi connectivity index (χ0v) is 18.2. The number of nitrogens with one attached hydrogen (secondary N) is 1. The lowest BCUT2D eigenvalue weighted by molar-refractivity contribution is -0.116. The maximum atomic E-state index is 13.8. The molecule has 5 nitrogen and oxygen atoms in total. The zero-order chi connectivity index (χ0) is 20.9. The molecule has 1 atom stereocenters. The van der Waals surface area contributed by atoms with E-state index in [4.69, 9.17) is 0 Å². The van der Waals surface area contributed by atoms with Gasteiger partial charge in [-0.3, -0.25) is 9.79 Å². The third-order valence-corrected chi connectivity index (χ3v) is 5.49. The van der Waals surface area contributed by atoms with Gasteiger partial charge in [-0.25, -0.2) is 4.98 Å². The Hall–Kier alpha value is -1.85. The second-order valence-electron chi connectivity index (χ2n) is 8.26. The number of halogens is 1. The predicted molar refractivity (Wildman–Crippen MR) is 117 cm³/mol. The number of aryl methyl sites for hydroxylation is 1. The Bertz CT molecular complexity index is 663. The number of aliphatic imine (C=N–C) groups is 1. The largest absolute Gasteiger partial charge is 0.310 e. The van der Waals surface area contributed by atoms with Crippen LogP contribution in [0.3, 0.4) is 0 Å². The van der Waals surface area contributed by atoms with Crippen LogP contribution in [0.5, 0.6) is 0 Å². The summed E-state index contributed by atoms with van der Waals surface area (Å²) in [5, 5.41) is 2.75. The summed E-state index contributed by atoms with van der Waals surface area (Å²) in [6.45, 7) is 4.30. The average Bonchev–Trinajstić information content (AvgIpc) is 2.88. The fraction of sp³-hybridized carbons (Fsp3) is 0.739. The molecule has 0 radical (unpaired) electrons. The maximum Gasteiger partial charge on any atom is 0.310 e. The van der Waals surface area contributed by atoms with Gasteiger partial charge in [-0.15, -0.1) is 0 Å². The van der Waals surface area contributed by atoms with Gasteiger partial charge in [0.25, 0.3) is 0 Å². The molecular formula is C23H37FN4O. The van der Waals surface area contributed by atoms with Crippen LogP contribution in [0.1, 0.15) is 103 Å². The molecule has 0 saturated carbocycles. The molecule has 1 aliphatic rings. The van der Waals surface area contributed by atoms with E-state index < -0.39 is 6.08 Å². The van der Waals surface area contributed by atoms with Gasteiger partial charge in [0.05, 0.1) is 5.69 Å². The van der Waals surface area contributed by atoms with Crippen LogP contribution in [0.2, 0.25) is 0 Å². The first-order valence-corrected chi connectivity index (χ1v) is 11.5. The Morgan fingerprint density at radius 3 is 2.31 bits per heavy atom. The van der Waals surface area contributed by atoms with Crippen molar-refractivity contribution in [3.05, 3.63) is 11.8 Å². The molecule has 1 amide bonds. The Morgan fingerprint density at radius 1 is 1.03 bits per heavy atom. The Kier molecular flexibility index (Phi) is 10.8. The number of carbonyl (C=O) groups excluding carboxylic acids is 1. The summed E-state index contributed by atoms with van der Waals surface area (Å²) in [6.07, 6.45) is 16.6. The van der Waals surface area contributed by atoms with Crippen molar-refractivity contribution in [2.24, 2.45) is 10.9 Å². The van der Waals surface area contributed by atoms with Gasteiger partial charge in [0.1, 0.15) is 5.69 Å². The maximum absolute atomic E-state index is 13.8. The standard InChI is InChI=1S/C23H37FN4O/c1-3-4-5-6-7-8-9-10-11-12-13-14-20(29)27-22-21-19(26-23(24)28-22)16-15-18(2)17-25-21/h17-18H,3-16H2,1-2H3,(H,26,27,28,29). The number of nitrogens with zero attached hydrogens (tertiary/aromatic N) is 3. The Morgan fingerprint density at radius 2 is 1.66 bits per heavy atom. The van der Waals surface area contributed by atoms with E-state index >= 15 is 0 Å². The Balaban J connectivity index is 1.65. The van der Waals surface area contributed by atoms with Crippen LogP contribution in [-0.2, 0) is 11.2 Å². The van der Waals surface area contributed by atoms with E-state index in [-0.39, 0.29) is 11.7 Å². The van der Waals surface area contributed by atoms with Crippen LogP contribution in [0, 0.1) is 12.0 Å². The summed E-state index contributed by atoms with van der Waals surface area (Å²) in [7, 11) is 0. The van der Waals surface area contributed by atoms with Gasteiger partial charge < -0.3 is 5.32 Å². The molecule has 0 fully saturated rings. The van der Waals surface area contributed by atoms with Crippen LogP contribution >= 0.6 is 0 Å². The van der Waals surface area contributed by atoms with Gasteiger partial charge in [0, 0.05) is 12.6 Å². The third-order valence-electron chi connectivity index (χ3n) is 5.49. The molecule has 1 N–H and O–H groups in total. The number of amides is 1. The molecular weight excluding hydrogens is 367 g/mol. The molecule has 0 spiro atoms. The highest BCUT2D eigenvalue weighted by atomic mass is 19.1. The van der Waals surface area contributed by atoms with Crippen molar-refractivity contribution < 1.29 is 9.18 Å². The first kappa shape index (κ1) is 23.4. The summed E-state index contributed by atoms with van der Waals surface area (Å²) in [5.74, 6) is 0.367. The number of anilines is 1. The number of aromatic nitrogens is 2. The number of carbonyl (C=O) groups is 1. The Labute approximate surface area is 175 Å². The summed E-state index contributed by atoms with van der Waals surface area (Å²) in [6, 6.07) is 0. The normalized spacial score (nSPS) is 15.8. The third kappa shape index (κ3) is 9.01. The van der Waals surface area contributed by atoms with Crippen molar-refractivity contribution in [3.8, 4) is 0 Å². The van der Waals surface area contributed by atoms with Gasteiger partial charge >= 0.3 is 6.08 Å². The van der Waals surface area contributed by atoms with Crippen molar-refractivity contribution >= 4 is 23.6 Å². The summed E-state index contributed by atoms with van der Waals surface area (Å²) in [4.78, 5) is 24.3. The van der Waals surface area contributed by atoms with E-state index in [0.29, 0.717) is 30.1 Å². The van der Waals surface area contributed by atoms with E-state index in [0.717, 1.165) is 19.3 Å². The number of fused-ring (bicyclic) bond motifs is 1. The number of hydrogen-bond acceptors (Lipinski definition) is 4. The van der Waals surface area contributed by atoms with Crippen LogP contribution in [0.15, 0.2) is 4.99 Å². The minimum atomic E-state index is -0.807. The molecule has 1 aliphatic heterocycles. The van der Waals surface area contributed by atoms with Crippen molar-refractivity contribution in [3.63, 3.8) is 0 Å². The lowest BCUT2D eigenvalue weighted by atomic mass is 10.1.